The molecule has 0 saturated carbocycles. The molecular formula is C95H61N11. The van der Waals surface area contributed by atoms with Gasteiger partial charge in [0, 0.05) is 89.9 Å². The van der Waals surface area contributed by atoms with Crippen LogP contribution in [0, 0.1) is 0 Å². The zero-order chi connectivity index (χ0) is 69.8. The summed E-state index contributed by atoms with van der Waals surface area (Å²) >= 11 is 0. The maximum atomic E-state index is 5.12. The molecule has 11 heteroatoms. The van der Waals surface area contributed by atoms with Crippen LogP contribution < -0.4 is 0 Å². The van der Waals surface area contributed by atoms with Crippen LogP contribution >= 0.6 is 0 Å². The Bertz CT molecular complexity index is 6770. The number of aromatic nitrogens is 11. The molecule has 0 aliphatic heterocycles. The molecule has 106 heavy (non-hydrogen) atoms. The van der Waals surface area contributed by atoms with Crippen molar-refractivity contribution in [2.75, 3.05) is 0 Å². The van der Waals surface area contributed by atoms with E-state index in [0.29, 0.717) is 0 Å². The Labute approximate surface area is 607 Å². The van der Waals surface area contributed by atoms with Gasteiger partial charge in [-0.05, 0) is 180 Å². The Balaban J connectivity index is 0.000000136. The fraction of sp³-hybridized carbons (Fsp3) is 0. The lowest BCUT2D eigenvalue weighted by Gasteiger charge is -2.12. The highest BCUT2D eigenvalue weighted by Crippen LogP contribution is 2.43. The van der Waals surface area contributed by atoms with Gasteiger partial charge in [-0.25, -0.2) is 15.0 Å². The Kier molecular flexibility index (Phi) is 14.0. The first kappa shape index (κ1) is 60.2. The van der Waals surface area contributed by atoms with Crippen LogP contribution in [-0.4, -0.2) is 52.3 Å². The minimum absolute atomic E-state index is 0.856. The summed E-state index contributed by atoms with van der Waals surface area (Å²) in [4.78, 5) is 24.5. The number of imidazole rings is 2. The SMILES string of the molecule is c1ccc(-n2c(-c3cncc(-n4c5ccccc5c5cc(-c6ccc7c(c6)c6ccccc6n7-c6ccccc6)ccc54)c3)nc3ccccc32)cc1.c1ccc(-n2c(-c3cncc(-n4c5ccccc5c5cc(-c6ccc7c(c6)c6ccccc6n7-c6ccccn6)ccc54)c3)nc3ccccc32)cc1. The molecule has 0 unspecified atom stereocenters. The summed E-state index contributed by atoms with van der Waals surface area (Å²) in [5.41, 5.74) is 25.1. The van der Waals surface area contributed by atoms with E-state index in [1.165, 1.54) is 76.4 Å². The number of para-hydroxylation sites is 11. The van der Waals surface area contributed by atoms with Gasteiger partial charge in [0.25, 0.3) is 0 Å². The minimum atomic E-state index is 0.856. The van der Waals surface area contributed by atoms with E-state index >= 15 is 0 Å². The summed E-state index contributed by atoms with van der Waals surface area (Å²) in [5.74, 6) is 2.63. The standard InChI is InChI=1S/C48H31N5.C47H30N6/c1-3-13-35(14-4-1)51-43-20-10-7-17-38(43)40-28-32(23-25-45(40)51)33-24-26-46-41(29-33)39-18-8-11-21-44(39)52(46)37-27-34(30-49-31-37)48-50-42-19-9-12-22-47(42)53(48)36-15-5-2-6-16-36;1-2-12-34(13-3-1)52-45-19-9-6-16-40(45)50-47(52)33-26-35(30-48-29-33)51-41-17-7-4-14-36(41)38-27-31(21-23-43(38)51)32-22-24-44-39(28-32)37-15-5-8-18-42(37)53(44)46-20-10-11-25-49-46/h1-31H;1-30H. The van der Waals surface area contributed by atoms with Gasteiger partial charge in [0.05, 0.1) is 90.0 Å². The Morgan fingerprint density at radius 1 is 0.189 bits per heavy atom. The number of benzene rings is 13. The number of rotatable bonds is 10. The average molecular weight is 1360 g/mol. The van der Waals surface area contributed by atoms with Gasteiger partial charge in [0.1, 0.15) is 17.5 Å². The summed E-state index contributed by atoms with van der Waals surface area (Å²) in [5, 5.41) is 9.69. The topological polar surface area (TPSA) is 94.0 Å². The van der Waals surface area contributed by atoms with E-state index in [1.54, 1.807) is 0 Å². The number of hydrogen-bond acceptors (Lipinski definition) is 5. The van der Waals surface area contributed by atoms with Gasteiger partial charge in [0.2, 0.25) is 0 Å². The third kappa shape index (κ3) is 9.78. The molecule has 22 aromatic rings. The summed E-state index contributed by atoms with van der Waals surface area (Å²) in [7, 11) is 0. The average Bonchev–Trinajstić information content (AvgIpc) is 1.58. The lowest BCUT2D eigenvalue weighted by atomic mass is 10.0. The molecule has 0 bridgehead atoms. The van der Waals surface area contributed by atoms with Gasteiger partial charge in [-0.1, -0.05) is 182 Å². The van der Waals surface area contributed by atoms with Crippen LogP contribution in [0.15, 0.2) is 371 Å². The Morgan fingerprint density at radius 2 is 0.491 bits per heavy atom. The van der Waals surface area contributed by atoms with E-state index < -0.39 is 0 Å². The number of pyridine rings is 3. The lowest BCUT2D eigenvalue weighted by molar-refractivity contribution is 1.08. The Morgan fingerprint density at radius 3 is 0.868 bits per heavy atom. The molecule has 11 nitrogen and oxygen atoms in total. The van der Waals surface area contributed by atoms with E-state index in [1.807, 2.05) is 67.4 Å². The molecule has 0 aliphatic carbocycles. The number of nitrogens with zero attached hydrogens (tertiary/aromatic N) is 11. The molecule has 0 aliphatic rings. The van der Waals surface area contributed by atoms with Gasteiger partial charge in [0.15, 0.2) is 0 Å². The first-order chi connectivity index (χ1) is 52.6. The van der Waals surface area contributed by atoms with Crippen LogP contribution in [0.4, 0.5) is 0 Å². The second kappa shape index (κ2) is 24.6. The molecule has 0 fully saturated rings. The van der Waals surface area contributed by atoms with Crippen LogP contribution in [-0.2, 0) is 0 Å². The van der Waals surface area contributed by atoms with E-state index in [9.17, 15) is 0 Å². The minimum Gasteiger partial charge on any atom is -0.309 e. The fourth-order valence-corrected chi connectivity index (χ4v) is 16.2. The van der Waals surface area contributed by atoms with Gasteiger partial charge in [-0.2, -0.15) is 0 Å². The fourth-order valence-electron chi connectivity index (χ4n) is 16.2. The zero-order valence-corrected chi connectivity index (χ0v) is 57.1. The predicted molar refractivity (Wildman–Crippen MR) is 435 cm³/mol. The highest BCUT2D eigenvalue weighted by Gasteiger charge is 2.23. The van der Waals surface area contributed by atoms with Gasteiger partial charge >= 0.3 is 0 Å². The van der Waals surface area contributed by atoms with Gasteiger partial charge in [-0.15, -0.1) is 0 Å². The van der Waals surface area contributed by atoms with Crippen LogP contribution in [0.1, 0.15) is 0 Å². The molecule has 0 atom stereocenters. The highest BCUT2D eigenvalue weighted by atomic mass is 15.1. The lowest BCUT2D eigenvalue weighted by Crippen LogP contribution is -2.00. The van der Waals surface area contributed by atoms with Crippen LogP contribution in [0.2, 0.25) is 0 Å². The van der Waals surface area contributed by atoms with Crippen molar-refractivity contribution in [3.05, 3.63) is 371 Å². The summed E-state index contributed by atoms with van der Waals surface area (Å²) in [6.45, 7) is 0. The molecule has 13 aromatic carbocycles. The number of hydrogen-bond donors (Lipinski definition) is 0. The van der Waals surface area contributed by atoms with Crippen LogP contribution in [0.3, 0.4) is 0 Å². The smallest absolute Gasteiger partial charge is 0.147 e. The first-order valence-corrected chi connectivity index (χ1v) is 35.7. The van der Waals surface area contributed by atoms with Crippen LogP contribution in [0.25, 0.3) is 189 Å². The summed E-state index contributed by atoms with van der Waals surface area (Å²) < 4.78 is 13.7. The third-order valence-electron chi connectivity index (χ3n) is 20.9. The normalized spacial score (nSPS) is 11.8. The van der Waals surface area contributed by atoms with Crippen molar-refractivity contribution in [2.24, 2.45) is 0 Å². The molecular weight excluding hydrogens is 1300 g/mol. The maximum Gasteiger partial charge on any atom is 0.147 e. The molecule has 9 heterocycles. The van der Waals surface area contributed by atoms with Crippen molar-refractivity contribution in [2.45, 2.75) is 0 Å². The maximum absolute atomic E-state index is 5.12. The zero-order valence-electron chi connectivity index (χ0n) is 57.1. The molecule has 0 spiro atoms. The first-order valence-electron chi connectivity index (χ1n) is 35.7. The van der Waals surface area contributed by atoms with E-state index in [0.717, 1.165) is 112 Å². The molecule has 0 N–H and O–H groups in total. The van der Waals surface area contributed by atoms with Gasteiger partial charge in [-0.3, -0.25) is 23.7 Å². The van der Waals surface area contributed by atoms with Crippen molar-refractivity contribution >= 4 is 109 Å². The molecule has 0 radical (unpaired) electrons. The molecule has 496 valence electrons. The monoisotopic (exact) mass is 1360 g/mol. The van der Waals surface area contributed by atoms with Gasteiger partial charge < -0.3 is 13.7 Å². The predicted octanol–water partition coefficient (Wildman–Crippen LogP) is 23.3. The highest BCUT2D eigenvalue weighted by molar-refractivity contribution is 6.15. The summed E-state index contributed by atoms with van der Waals surface area (Å²) in [6, 6.07) is 120. The largest absolute Gasteiger partial charge is 0.309 e. The van der Waals surface area contributed by atoms with Crippen molar-refractivity contribution in [3.63, 3.8) is 0 Å². The second-order valence-electron chi connectivity index (χ2n) is 26.9. The van der Waals surface area contributed by atoms with E-state index in [2.05, 4.69) is 331 Å². The second-order valence-corrected chi connectivity index (χ2v) is 26.9. The van der Waals surface area contributed by atoms with E-state index in [4.69, 9.17) is 24.9 Å². The van der Waals surface area contributed by atoms with Crippen molar-refractivity contribution in [3.8, 4) is 79.3 Å². The van der Waals surface area contributed by atoms with Crippen LogP contribution in [0.5, 0.6) is 0 Å². The van der Waals surface area contributed by atoms with Crippen molar-refractivity contribution in [1.29, 1.82) is 0 Å². The molecule has 0 amide bonds. The molecule has 22 rings (SSSR count). The van der Waals surface area contributed by atoms with Crippen molar-refractivity contribution < 1.29 is 0 Å². The summed E-state index contributed by atoms with van der Waals surface area (Å²) in [6.07, 6.45) is 9.58. The van der Waals surface area contributed by atoms with Crippen molar-refractivity contribution in [1.82, 2.24) is 52.3 Å². The molecule has 9 aromatic heterocycles. The Hall–Kier alpha value is -14.6. The molecule has 0 saturated heterocycles. The van der Waals surface area contributed by atoms with E-state index in [-0.39, 0.29) is 0 Å². The third-order valence-corrected chi connectivity index (χ3v) is 20.9. The number of fused-ring (bicyclic) bond motifs is 14. The quantitative estimate of drug-likeness (QED) is 0.136.